The van der Waals surface area contributed by atoms with E-state index < -0.39 is 0 Å². The van der Waals surface area contributed by atoms with E-state index in [1.54, 1.807) is 6.07 Å². The van der Waals surface area contributed by atoms with E-state index in [0.29, 0.717) is 0 Å². The topological polar surface area (TPSA) is 29.3 Å². The van der Waals surface area contributed by atoms with Crippen LogP contribution in [-0.4, -0.2) is 24.0 Å². The predicted octanol–water partition coefficient (Wildman–Crippen LogP) is 2.23. The van der Waals surface area contributed by atoms with Crippen LogP contribution in [0, 0.1) is 12.7 Å². The number of hydrogen-bond donors (Lipinski definition) is 1. The molecular formula is C13H19FN2. The molecule has 0 bridgehead atoms. The largest absolute Gasteiger partial charge is 0.326 e. The molecule has 1 aromatic rings. The molecule has 1 fully saturated rings. The van der Waals surface area contributed by atoms with Crippen LogP contribution in [0.25, 0.3) is 0 Å². The second-order valence-electron chi connectivity index (χ2n) is 4.53. The molecule has 16 heavy (non-hydrogen) atoms. The molecule has 0 aliphatic carbocycles. The molecule has 2 nitrogen and oxygen atoms in total. The van der Waals surface area contributed by atoms with Crippen LogP contribution < -0.4 is 5.73 Å². The van der Waals surface area contributed by atoms with E-state index in [1.807, 2.05) is 13.0 Å². The molecule has 1 aromatic carbocycles. The first-order valence-electron chi connectivity index (χ1n) is 5.89. The van der Waals surface area contributed by atoms with Crippen molar-refractivity contribution in [3.8, 4) is 0 Å². The second-order valence-corrected chi connectivity index (χ2v) is 4.53. The fraction of sp³-hybridized carbons (Fsp3) is 0.538. The van der Waals surface area contributed by atoms with Crippen molar-refractivity contribution in [2.24, 2.45) is 5.73 Å². The summed E-state index contributed by atoms with van der Waals surface area (Å²) < 4.78 is 13.1. The number of likely N-dealkylation sites (tertiary alicyclic amines) is 1. The van der Waals surface area contributed by atoms with Crippen molar-refractivity contribution in [1.29, 1.82) is 0 Å². The minimum Gasteiger partial charge on any atom is -0.326 e. The molecular weight excluding hydrogens is 203 g/mol. The average molecular weight is 222 g/mol. The number of halogens is 1. The number of aryl methyl sites for hydroxylation is 1. The second kappa shape index (κ2) is 4.52. The SMILES string of the molecule is CCN1CCC(N)C1c1ccc(F)cc1C. The van der Waals surface area contributed by atoms with Crippen molar-refractivity contribution in [2.45, 2.75) is 32.4 Å². The van der Waals surface area contributed by atoms with E-state index in [4.69, 9.17) is 5.73 Å². The molecule has 0 aromatic heterocycles. The Balaban J connectivity index is 2.34. The molecule has 2 atom stereocenters. The van der Waals surface area contributed by atoms with Gasteiger partial charge in [0, 0.05) is 12.6 Å². The van der Waals surface area contributed by atoms with Crippen molar-refractivity contribution in [3.05, 3.63) is 35.1 Å². The monoisotopic (exact) mass is 222 g/mol. The summed E-state index contributed by atoms with van der Waals surface area (Å²) in [6, 6.07) is 5.42. The first-order valence-corrected chi connectivity index (χ1v) is 5.89. The van der Waals surface area contributed by atoms with Gasteiger partial charge in [-0.1, -0.05) is 13.0 Å². The van der Waals surface area contributed by atoms with Crippen LogP contribution in [0.3, 0.4) is 0 Å². The molecule has 2 unspecified atom stereocenters. The maximum Gasteiger partial charge on any atom is 0.123 e. The summed E-state index contributed by atoms with van der Waals surface area (Å²) >= 11 is 0. The average Bonchev–Trinajstić information content (AvgIpc) is 2.60. The Labute approximate surface area is 96.2 Å². The van der Waals surface area contributed by atoms with Gasteiger partial charge in [-0.3, -0.25) is 4.90 Å². The van der Waals surface area contributed by atoms with Crippen molar-refractivity contribution < 1.29 is 4.39 Å². The van der Waals surface area contributed by atoms with Gasteiger partial charge in [0.15, 0.2) is 0 Å². The van der Waals surface area contributed by atoms with Gasteiger partial charge in [-0.25, -0.2) is 4.39 Å². The quantitative estimate of drug-likeness (QED) is 0.831. The summed E-state index contributed by atoms with van der Waals surface area (Å²) in [5.74, 6) is -0.170. The fourth-order valence-corrected chi connectivity index (χ4v) is 2.64. The number of rotatable bonds is 2. The molecule has 1 aliphatic rings. The van der Waals surface area contributed by atoms with Crippen LogP contribution in [0.5, 0.6) is 0 Å². The van der Waals surface area contributed by atoms with Crippen LogP contribution in [0.4, 0.5) is 4.39 Å². The molecule has 1 saturated heterocycles. The highest BCUT2D eigenvalue weighted by atomic mass is 19.1. The Morgan fingerprint density at radius 1 is 1.50 bits per heavy atom. The molecule has 88 valence electrons. The fourth-order valence-electron chi connectivity index (χ4n) is 2.64. The van der Waals surface area contributed by atoms with Crippen LogP contribution in [-0.2, 0) is 0 Å². The van der Waals surface area contributed by atoms with Gasteiger partial charge in [0.2, 0.25) is 0 Å². The Bertz CT molecular complexity index is 378. The van der Waals surface area contributed by atoms with Gasteiger partial charge in [0.25, 0.3) is 0 Å². The van der Waals surface area contributed by atoms with Crippen LogP contribution in [0.2, 0.25) is 0 Å². The van der Waals surface area contributed by atoms with Crippen molar-refractivity contribution in [1.82, 2.24) is 4.90 Å². The lowest BCUT2D eigenvalue weighted by Crippen LogP contribution is -2.32. The molecule has 0 amide bonds. The van der Waals surface area contributed by atoms with Gasteiger partial charge in [-0.2, -0.15) is 0 Å². The summed E-state index contributed by atoms with van der Waals surface area (Å²) in [4.78, 5) is 2.37. The summed E-state index contributed by atoms with van der Waals surface area (Å²) in [7, 11) is 0. The smallest absolute Gasteiger partial charge is 0.123 e. The Morgan fingerprint density at radius 2 is 2.25 bits per heavy atom. The zero-order valence-electron chi connectivity index (χ0n) is 9.91. The summed E-state index contributed by atoms with van der Waals surface area (Å²) in [6.07, 6.45) is 1.02. The summed E-state index contributed by atoms with van der Waals surface area (Å²) in [5.41, 5.74) is 8.32. The van der Waals surface area contributed by atoms with Gasteiger partial charge < -0.3 is 5.73 Å². The normalized spacial score (nSPS) is 26.2. The first-order chi connectivity index (χ1) is 7.63. The molecule has 2 rings (SSSR count). The van der Waals surface area contributed by atoms with Crippen molar-refractivity contribution >= 4 is 0 Å². The lowest BCUT2D eigenvalue weighted by atomic mass is 9.96. The maximum absolute atomic E-state index is 13.1. The molecule has 0 spiro atoms. The van der Waals surface area contributed by atoms with E-state index in [-0.39, 0.29) is 17.9 Å². The zero-order chi connectivity index (χ0) is 11.7. The highest BCUT2D eigenvalue weighted by Crippen LogP contribution is 2.32. The van der Waals surface area contributed by atoms with Crippen molar-refractivity contribution in [3.63, 3.8) is 0 Å². The standard InChI is InChI=1S/C13H19FN2/c1-3-16-7-6-12(15)13(16)11-5-4-10(14)8-9(11)2/h4-5,8,12-13H,3,6-7,15H2,1-2H3. The van der Waals surface area contributed by atoms with E-state index in [2.05, 4.69) is 11.8 Å². The van der Waals surface area contributed by atoms with Gasteiger partial charge in [-0.15, -0.1) is 0 Å². The van der Waals surface area contributed by atoms with Gasteiger partial charge in [-0.05, 0) is 43.1 Å². The molecule has 1 aliphatic heterocycles. The Morgan fingerprint density at radius 3 is 2.88 bits per heavy atom. The van der Waals surface area contributed by atoms with E-state index in [9.17, 15) is 4.39 Å². The predicted molar refractivity (Wildman–Crippen MR) is 63.7 cm³/mol. The van der Waals surface area contributed by atoms with Gasteiger partial charge >= 0.3 is 0 Å². The van der Waals surface area contributed by atoms with Crippen molar-refractivity contribution in [2.75, 3.05) is 13.1 Å². The number of nitrogens with zero attached hydrogens (tertiary/aromatic N) is 1. The van der Waals surface area contributed by atoms with E-state index in [0.717, 1.165) is 25.1 Å². The lowest BCUT2D eigenvalue weighted by Gasteiger charge is -2.27. The van der Waals surface area contributed by atoms with Gasteiger partial charge in [0.1, 0.15) is 5.82 Å². The minimum absolute atomic E-state index is 0.170. The third-order valence-corrected chi connectivity index (χ3v) is 3.51. The molecule has 0 saturated carbocycles. The number of benzene rings is 1. The lowest BCUT2D eigenvalue weighted by molar-refractivity contribution is 0.260. The third kappa shape index (κ3) is 1.97. The first kappa shape index (κ1) is 11.6. The number of nitrogens with two attached hydrogens (primary N) is 1. The van der Waals surface area contributed by atoms with Crippen LogP contribution in [0.1, 0.15) is 30.5 Å². The van der Waals surface area contributed by atoms with Gasteiger partial charge in [0.05, 0.1) is 6.04 Å². The van der Waals surface area contributed by atoms with Crippen LogP contribution in [0.15, 0.2) is 18.2 Å². The highest BCUT2D eigenvalue weighted by molar-refractivity contribution is 5.31. The molecule has 1 heterocycles. The Kier molecular flexibility index (Phi) is 3.26. The molecule has 0 radical (unpaired) electrons. The van der Waals surface area contributed by atoms with Crippen LogP contribution >= 0.6 is 0 Å². The zero-order valence-corrected chi connectivity index (χ0v) is 9.91. The number of hydrogen-bond acceptors (Lipinski definition) is 2. The highest BCUT2D eigenvalue weighted by Gasteiger charge is 2.32. The van der Waals surface area contributed by atoms with E-state index in [1.165, 1.54) is 11.6 Å². The summed E-state index contributed by atoms with van der Waals surface area (Å²) in [6.45, 7) is 6.13. The minimum atomic E-state index is -0.170. The Hall–Kier alpha value is -0.930. The number of likely N-dealkylation sites (N-methyl/N-ethyl adjacent to an activating group) is 1. The maximum atomic E-state index is 13.1. The van der Waals surface area contributed by atoms with E-state index >= 15 is 0 Å². The molecule has 3 heteroatoms. The third-order valence-electron chi connectivity index (χ3n) is 3.51. The summed E-state index contributed by atoms with van der Waals surface area (Å²) in [5, 5.41) is 0. The molecule has 2 N–H and O–H groups in total.